The molecule has 2 fully saturated rings. The van der Waals surface area contributed by atoms with E-state index in [1.807, 2.05) is 0 Å². The highest BCUT2D eigenvalue weighted by Gasteiger charge is 2.45. The Morgan fingerprint density at radius 2 is 1.84 bits per heavy atom. The number of ether oxygens (including phenoxy) is 1. The average molecular weight is 722 g/mol. The van der Waals surface area contributed by atoms with Gasteiger partial charge in [0, 0.05) is 55.0 Å². The van der Waals surface area contributed by atoms with E-state index in [9.17, 15) is 24.0 Å². The molecule has 15 nitrogen and oxygen atoms in total. The third kappa shape index (κ3) is 8.00. The van der Waals surface area contributed by atoms with Crippen LogP contribution in [0.15, 0.2) is 30.5 Å². The van der Waals surface area contributed by atoms with E-state index >= 15 is 0 Å². The maximum absolute atomic E-state index is 13.2. The lowest BCUT2D eigenvalue weighted by atomic mass is 9.99. The fraction of sp³-hybridized carbons (Fsp3) is 0.514. The van der Waals surface area contributed by atoms with E-state index in [0.29, 0.717) is 48.6 Å². The predicted octanol–water partition coefficient (Wildman–Crippen LogP) is 2.86. The minimum atomic E-state index is -1.02. The van der Waals surface area contributed by atoms with Gasteiger partial charge in [0.2, 0.25) is 17.7 Å². The molecule has 5 N–H and O–H groups in total. The predicted molar refractivity (Wildman–Crippen MR) is 190 cm³/mol. The van der Waals surface area contributed by atoms with E-state index in [2.05, 4.69) is 51.6 Å². The number of anilines is 2. The van der Waals surface area contributed by atoms with Crippen LogP contribution in [0, 0.1) is 0 Å². The van der Waals surface area contributed by atoms with Crippen molar-refractivity contribution in [3.05, 3.63) is 52.3 Å². The second-order valence-electron chi connectivity index (χ2n) is 13.1. The van der Waals surface area contributed by atoms with E-state index in [-0.39, 0.29) is 48.5 Å². The number of amides is 5. The van der Waals surface area contributed by atoms with Gasteiger partial charge >= 0.3 is 0 Å². The van der Waals surface area contributed by atoms with Crippen LogP contribution < -0.4 is 26.6 Å². The monoisotopic (exact) mass is 721 g/mol. The number of aromatic nitrogens is 3. The second-order valence-corrected chi connectivity index (χ2v) is 13.5. The smallest absolute Gasteiger partial charge is 0.264 e. The first-order valence-corrected chi connectivity index (χ1v) is 18.0. The molecule has 3 atom stereocenters. The van der Waals surface area contributed by atoms with Crippen LogP contribution in [0.5, 0.6) is 0 Å². The number of benzene rings is 1. The molecule has 0 bridgehead atoms. The fourth-order valence-corrected chi connectivity index (χ4v) is 7.23. The molecule has 2 aliphatic heterocycles. The Balaban J connectivity index is 0.886. The van der Waals surface area contributed by atoms with Gasteiger partial charge in [-0.05, 0) is 50.7 Å². The number of nitrogens with one attached hydrogen (secondary N) is 5. The SMILES string of the molecule is CCC(CC)c1cc(N[C@H]2CC[C@H](NCC(=O)NCCOCCNc3cccc4c3C(=O)N(C3CCC(=O)NC3=O)C4=O)C2)n2ncc(Cl)c2n1. The van der Waals surface area contributed by atoms with E-state index in [1.165, 1.54) is 0 Å². The van der Waals surface area contributed by atoms with Crippen LogP contribution in [0.3, 0.4) is 0 Å². The number of imide groups is 2. The lowest BCUT2D eigenvalue weighted by Crippen LogP contribution is -2.54. The zero-order chi connectivity index (χ0) is 36.1. The van der Waals surface area contributed by atoms with Crippen molar-refractivity contribution in [1.29, 1.82) is 0 Å². The molecule has 1 unspecified atom stereocenters. The molecule has 272 valence electrons. The molecule has 51 heavy (non-hydrogen) atoms. The Bertz CT molecular complexity index is 1810. The normalized spacial score (nSPS) is 20.3. The molecular formula is C35H44ClN9O6. The molecule has 16 heteroatoms. The lowest BCUT2D eigenvalue weighted by Gasteiger charge is -2.27. The molecular weight excluding hydrogens is 678 g/mol. The summed E-state index contributed by atoms with van der Waals surface area (Å²) in [5.41, 5.74) is 2.52. The quantitative estimate of drug-likeness (QED) is 0.108. The van der Waals surface area contributed by atoms with Crippen LogP contribution in [0.2, 0.25) is 5.02 Å². The minimum Gasteiger partial charge on any atom is -0.382 e. The van der Waals surface area contributed by atoms with Crippen LogP contribution in [0.4, 0.5) is 11.5 Å². The van der Waals surface area contributed by atoms with E-state index < -0.39 is 29.7 Å². The van der Waals surface area contributed by atoms with Gasteiger partial charge in [-0.25, -0.2) is 4.98 Å². The average Bonchev–Trinajstić information content (AvgIpc) is 3.80. The summed E-state index contributed by atoms with van der Waals surface area (Å²) in [5, 5.41) is 20.2. The fourth-order valence-electron chi connectivity index (χ4n) is 7.07. The molecule has 2 aromatic heterocycles. The summed E-state index contributed by atoms with van der Waals surface area (Å²) in [4.78, 5) is 68.4. The number of hydrogen-bond donors (Lipinski definition) is 5. The number of nitrogens with zero attached hydrogens (tertiary/aromatic N) is 4. The van der Waals surface area contributed by atoms with Gasteiger partial charge in [0.15, 0.2) is 5.65 Å². The Kier molecular flexibility index (Phi) is 11.5. The van der Waals surface area contributed by atoms with Crippen molar-refractivity contribution in [3.8, 4) is 0 Å². The zero-order valence-corrected chi connectivity index (χ0v) is 29.6. The van der Waals surface area contributed by atoms with E-state index in [1.54, 1.807) is 28.9 Å². The molecule has 6 rings (SSSR count). The van der Waals surface area contributed by atoms with Gasteiger partial charge in [0.05, 0.1) is 37.1 Å². The van der Waals surface area contributed by atoms with Crippen molar-refractivity contribution >= 4 is 58.3 Å². The highest BCUT2D eigenvalue weighted by molar-refractivity contribution is 6.33. The van der Waals surface area contributed by atoms with Crippen LogP contribution in [0.25, 0.3) is 5.65 Å². The van der Waals surface area contributed by atoms with Gasteiger partial charge < -0.3 is 26.0 Å². The molecule has 1 aromatic carbocycles. The van der Waals surface area contributed by atoms with Gasteiger partial charge in [0.1, 0.15) is 16.9 Å². The summed E-state index contributed by atoms with van der Waals surface area (Å²) in [7, 11) is 0. The molecule has 0 radical (unpaired) electrons. The summed E-state index contributed by atoms with van der Waals surface area (Å²) in [6.45, 7) is 5.81. The molecule has 1 aliphatic carbocycles. The van der Waals surface area contributed by atoms with Crippen molar-refractivity contribution in [2.75, 3.05) is 43.5 Å². The van der Waals surface area contributed by atoms with Crippen LogP contribution in [-0.2, 0) is 19.1 Å². The summed E-state index contributed by atoms with van der Waals surface area (Å²) in [5.74, 6) is -1.10. The molecule has 0 spiro atoms. The standard InChI is InChI=1S/C35H44ClN9O6/c1-3-20(4-2)26-17-28(45-32(42-26)24(36)18-40-45)41-22-9-8-21(16-22)39-19-30(47)38-13-15-51-14-12-37-25-7-5-6-23-31(25)35(50)44(34(23)49)27-10-11-29(46)43-33(27)48/h5-7,17-18,20-22,27,37,39,41H,3-4,8-16,19H2,1-2H3,(H,38,47)(H,43,46,48)/t21-,22-,27?/m0/s1. The Labute approximate surface area is 300 Å². The van der Waals surface area contributed by atoms with Gasteiger partial charge in [-0.15, -0.1) is 0 Å². The Hall–Kier alpha value is -4.60. The van der Waals surface area contributed by atoms with E-state index in [4.69, 9.17) is 21.3 Å². The van der Waals surface area contributed by atoms with Crippen molar-refractivity contribution in [2.24, 2.45) is 0 Å². The maximum Gasteiger partial charge on any atom is 0.264 e. The number of halogens is 1. The number of rotatable bonds is 16. The summed E-state index contributed by atoms with van der Waals surface area (Å²) in [6.07, 6.45) is 6.51. The summed E-state index contributed by atoms with van der Waals surface area (Å²) in [6, 6.07) is 6.37. The molecule has 3 aliphatic rings. The molecule has 1 saturated heterocycles. The minimum absolute atomic E-state index is 0.0575. The number of carbonyl (C=O) groups excluding carboxylic acids is 5. The number of fused-ring (bicyclic) bond motifs is 2. The molecule has 5 amide bonds. The van der Waals surface area contributed by atoms with Gasteiger partial charge in [-0.1, -0.05) is 31.5 Å². The molecule has 3 aromatic rings. The molecule has 1 saturated carbocycles. The topological polar surface area (TPSA) is 188 Å². The number of hydrogen-bond acceptors (Lipinski definition) is 11. The first-order valence-electron chi connectivity index (χ1n) is 17.6. The second kappa shape index (κ2) is 16.2. The highest BCUT2D eigenvalue weighted by Crippen LogP contribution is 2.33. The Morgan fingerprint density at radius 3 is 2.63 bits per heavy atom. The van der Waals surface area contributed by atoms with Gasteiger partial charge in [0.25, 0.3) is 11.8 Å². The first-order chi connectivity index (χ1) is 24.7. The van der Waals surface area contributed by atoms with Crippen molar-refractivity contribution < 1.29 is 28.7 Å². The highest BCUT2D eigenvalue weighted by atomic mass is 35.5. The van der Waals surface area contributed by atoms with Crippen LogP contribution in [0.1, 0.15) is 91.1 Å². The lowest BCUT2D eigenvalue weighted by molar-refractivity contribution is -0.136. The van der Waals surface area contributed by atoms with Crippen molar-refractivity contribution in [2.45, 2.75) is 82.8 Å². The largest absolute Gasteiger partial charge is 0.382 e. The summed E-state index contributed by atoms with van der Waals surface area (Å²) >= 11 is 6.40. The number of carbonyl (C=O) groups is 5. The molecule has 4 heterocycles. The Morgan fingerprint density at radius 1 is 1.06 bits per heavy atom. The van der Waals surface area contributed by atoms with E-state index in [0.717, 1.165) is 48.5 Å². The van der Waals surface area contributed by atoms with Crippen molar-refractivity contribution in [3.63, 3.8) is 0 Å². The van der Waals surface area contributed by atoms with Crippen LogP contribution in [-0.4, -0.2) is 100 Å². The van der Waals surface area contributed by atoms with Gasteiger partial charge in [-0.3, -0.25) is 34.2 Å². The number of piperidine rings is 1. The zero-order valence-electron chi connectivity index (χ0n) is 28.8. The van der Waals surface area contributed by atoms with Crippen molar-refractivity contribution in [1.82, 2.24) is 35.4 Å². The van der Waals surface area contributed by atoms with Crippen LogP contribution >= 0.6 is 11.6 Å². The third-order valence-electron chi connectivity index (χ3n) is 9.79. The third-order valence-corrected chi connectivity index (χ3v) is 10.1. The van der Waals surface area contributed by atoms with Gasteiger partial charge in [-0.2, -0.15) is 9.61 Å². The summed E-state index contributed by atoms with van der Waals surface area (Å²) < 4.78 is 7.42. The maximum atomic E-state index is 13.2. The first kappa shape index (κ1) is 36.2.